The van der Waals surface area contributed by atoms with E-state index in [-0.39, 0.29) is 23.8 Å². The topological polar surface area (TPSA) is 45.1 Å². The van der Waals surface area contributed by atoms with Crippen LogP contribution in [-0.2, 0) is 22.4 Å². The second-order valence-electron chi connectivity index (χ2n) is 9.64. The Hall–Kier alpha value is -3.60. The van der Waals surface area contributed by atoms with Crippen molar-refractivity contribution in [2.75, 3.05) is 13.6 Å². The van der Waals surface area contributed by atoms with E-state index in [0.717, 1.165) is 12.8 Å². The van der Waals surface area contributed by atoms with Crippen molar-refractivity contribution in [2.45, 2.75) is 38.6 Å². The van der Waals surface area contributed by atoms with Crippen LogP contribution in [-0.4, -0.2) is 41.7 Å². The molecule has 0 aromatic heterocycles. The van der Waals surface area contributed by atoms with Gasteiger partial charge in [0.25, 0.3) is 5.91 Å². The molecule has 5 heteroatoms. The summed E-state index contributed by atoms with van der Waals surface area (Å²) in [5.74, 6) is 1.10. The van der Waals surface area contributed by atoms with Gasteiger partial charge in [-0.05, 0) is 35.1 Å². The van der Waals surface area contributed by atoms with E-state index in [1.54, 1.807) is 11.1 Å². The Bertz CT molecular complexity index is 1190. The highest BCUT2D eigenvalue weighted by Gasteiger charge is 2.45. The van der Waals surface area contributed by atoms with Crippen LogP contribution < -0.4 is 0 Å². The number of hydrazone groups is 1. The quantitative estimate of drug-likeness (QED) is 0.611. The number of piperazine rings is 1. The Balaban J connectivity index is 1.68. The summed E-state index contributed by atoms with van der Waals surface area (Å²) in [7, 11) is 1.85. The van der Waals surface area contributed by atoms with E-state index in [0.29, 0.717) is 29.3 Å². The van der Waals surface area contributed by atoms with Gasteiger partial charge in [0, 0.05) is 31.0 Å². The first-order chi connectivity index (χ1) is 16.4. The molecule has 1 saturated heterocycles. The average Bonchev–Trinajstić information content (AvgIpc) is 2.99. The first-order valence-corrected chi connectivity index (χ1v) is 11.9. The van der Waals surface area contributed by atoms with Crippen molar-refractivity contribution in [1.82, 2.24) is 9.91 Å². The van der Waals surface area contributed by atoms with Crippen molar-refractivity contribution in [3.8, 4) is 0 Å². The minimum absolute atomic E-state index is 0.0542. The Labute approximate surface area is 201 Å². The number of amides is 1. The summed E-state index contributed by atoms with van der Waals surface area (Å²) in [5, 5.41) is 6.63. The molecule has 34 heavy (non-hydrogen) atoms. The van der Waals surface area contributed by atoms with E-state index in [1.807, 2.05) is 25.9 Å². The highest BCUT2D eigenvalue weighted by Crippen LogP contribution is 2.42. The largest absolute Gasteiger partial charge is 0.459 e. The standard InChI is InChI=1S/C29H31N3O2/c1-18(2)20(4)34-28-19(3)16-30-32-25(17-31(5)29(33)27(28)32)26-23-12-8-6-10-21(23)14-15-22-11-7-9-13-24(22)26/h6-13,16,18,25-26H,3-4,14-15,17H2,1-2,5H3. The van der Waals surface area contributed by atoms with Gasteiger partial charge in [-0.15, -0.1) is 0 Å². The molecular formula is C29H31N3O2. The number of carbonyl (C=O) groups excluding carboxylic acids is 1. The number of likely N-dealkylation sites (N-methyl/N-ethyl adjacent to an activating group) is 1. The maximum absolute atomic E-state index is 13.5. The molecule has 1 fully saturated rings. The number of hydrogen-bond donors (Lipinski definition) is 0. The first-order valence-electron chi connectivity index (χ1n) is 11.9. The van der Waals surface area contributed by atoms with Gasteiger partial charge in [-0.25, -0.2) is 0 Å². The van der Waals surface area contributed by atoms with E-state index in [1.165, 1.54) is 22.3 Å². The van der Waals surface area contributed by atoms with Crippen LogP contribution >= 0.6 is 0 Å². The summed E-state index contributed by atoms with van der Waals surface area (Å²) in [5.41, 5.74) is 6.32. The molecule has 1 amide bonds. The predicted octanol–water partition coefficient (Wildman–Crippen LogP) is 5.01. The van der Waals surface area contributed by atoms with Gasteiger partial charge in [0.05, 0.1) is 18.0 Å². The van der Waals surface area contributed by atoms with Crippen molar-refractivity contribution < 1.29 is 9.53 Å². The molecule has 0 spiro atoms. The summed E-state index contributed by atoms with van der Waals surface area (Å²) in [4.78, 5) is 15.2. The molecule has 2 aromatic rings. The fourth-order valence-electron chi connectivity index (χ4n) is 5.16. The lowest BCUT2D eigenvalue weighted by Crippen LogP contribution is -2.55. The number of carbonyl (C=O) groups is 1. The second kappa shape index (κ2) is 8.64. The Kier molecular flexibility index (Phi) is 5.64. The third-order valence-corrected chi connectivity index (χ3v) is 7.10. The minimum atomic E-state index is -0.115. The van der Waals surface area contributed by atoms with E-state index < -0.39 is 0 Å². The molecule has 0 N–H and O–H groups in total. The normalized spacial score (nSPS) is 20.2. The summed E-state index contributed by atoms with van der Waals surface area (Å²) in [6, 6.07) is 17.3. The van der Waals surface area contributed by atoms with Crippen LogP contribution in [0.1, 0.15) is 42.0 Å². The number of benzene rings is 2. The zero-order valence-electron chi connectivity index (χ0n) is 20.1. The molecule has 2 aliphatic heterocycles. The molecule has 0 bridgehead atoms. The number of aryl methyl sites for hydroxylation is 2. The van der Waals surface area contributed by atoms with Gasteiger partial charge in [0.2, 0.25) is 0 Å². The SMILES string of the molecule is C=C1C=NN2C(=C1OC(=C)C(C)C)C(=O)N(C)CC2C1c2ccccc2CCc2ccccc21. The average molecular weight is 454 g/mol. The van der Waals surface area contributed by atoms with E-state index >= 15 is 0 Å². The van der Waals surface area contributed by atoms with Crippen LogP contribution in [0.3, 0.4) is 0 Å². The summed E-state index contributed by atoms with van der Waals surface area (Å²) in [6.07, 6.45) is 3.69. The summed E-state index contributed by atoms with van der Waals surface area (Å²) in [6.45, 7) is 12.8. The van der Waals surface area contributed by atoms with Gasteiger partial charge in [0.1, 0.15) is 0 Å². The minimum Gasteiger partial charge on any atom is -0.459 e. The van der Waals surface area contributed by atoms with Crippen LogP contribution in [0.4, 0.5) is 0 Å². The number of nitrogens with zero attached hydrogens (tertiary/aromatic N) is 3. The smallest absolute Gasteiger partial charge is 0.275 e. The van der Waals surface area contributed by atoms with Gasteiger partial charge in [-0.2, -0.15) is 5.10 Å². The Morgan fingerprint density at radius 3 is 2.24 bits per heavy atom. The van der Waals surface area contributed by atoms with Crippen molar-refractivity contribution in [3.05, 3.63) is 107 Å². The zero-order valence-corrected chi connectivity index (χ0v) is 20.1. The maximum atomic E-state index is 13.5. The molecule has 5 rings (SSSR count). The van der Waals surface area contributed by atoms with Crippen molar-refractivity contribution in [3.63, 3.8) is 0 Å². The second-order valence-corrected chi connectivity index (χ2v) is 9.64. The van der Waals surface area contributed by atoms with E-state index in [2.05, 4.69) is 61.7 Å². The van der Waals surface area contributed by atoms with Crippen LogP contribution in [0.2, 0.25) is 0 Å². The molecule has 2 heterocycles. The highest BCUT2D eigenvalue weighted by atomic mass is 16.5. The number of fused-ring (bicyclic) bond motifs is 3. The van der Waals surface area contributed by atoms with Crippen LogP contribution in [0.25, 0.3) is 0 Å². The summed E-state index contributed by atoms with van der Waals surface area (Å²) >= 11 is 0. The lowest BCUT2D eigenvalue weighted by molar-refractivity contribution is -0.132. The maximum Gasteiger partial charge on any atom is 0.275 e. The number of hydrogen-bond acceptors (Lipinski definition) is 4. The molecule has 3 aliphatic rings. The number of rotatable bonds is 4. The van der Waals surface area contributed by atoms with E-state index in [9.17, 15) is 4.79 Å². The van der Waals surface area contributed by atoms with Gasteiger partial charge in [-0.3, -0.25) is 9.80 Å². The molecule has 2 aromatic carbocycles. The molecule has 5 nitrogen and oxygen atoms in total. The molecule has 1 atom stereocenters. The fourth-order valence-corrected chi connectivity index (χ4v) is 5.16. The number of allylic oxidation sites excluding steroid dienone is 2. The lowest BCUT2D eigenvalue weighted by atomic mass is 9.81. The van der Waals surface area contributed by atoms with Crippen LogP contribution in [0.5, 0.6) is 0 Å². The van der Waals surface area contributed by atoms with Crippen molar-refractivity contribution in [1.29, 1.82) is 0 Å². The monoisotopic (exact) mass is 453 g/mol. The van der Waals surface area contributed by atoms with Gasteiger partial charge in [0.15, 0.2) is 11.5 Å². The first kappa shape index (κ1) is 22.2. The summed E-state index contributed by atoms with van der Waals surface area (Å²) < 4.78 is 6.16. The van der Waals surface area contributed by atoms with Gasteiger partial charge >= 0.3 is 0 Å². The highest BCUT2D eigenvalue weighted by molar-refractivity contribution is 5.99. The van der Waals surface area contributed by atoms with Crippen LogP contribution in [0, 0.1) is 5.92 Å². The molecule has 1 unspecified atom stereocenters. The Morgan fingerprint density at radius 1 is 1.06 bits per heavy atom. The number of ether oxygens (including phenoxy) is 1. The Morgan fingerprint density at radius 2 is 1.65 bits per heavy atom. The van der Waals surface area contributed by atoms with Gasteiger partial charge < -0.3 is 9.64 Å². The van der Waals surface area contributed by atoms with Crippen molar-refractivity contribution in [2.24, 2.45) is 11.0 Å². The predicted molar refractivity (Wildman–Crippen MR) is 135 cm³/mol. The zero-order chi connectivity index (χ0) is 24.0. The lowest BCUT2D eigenvalue weighted by Gasteiger charge is -2.45. The molecule has 174 valence electrons. The fraction of sp³-hybridized carbons (Fsp3) is 0.310. The molecule has 0 saturated carbocycles. The van der Waals surface area contributed by atoms with Crippen LogP contribution in [0.15, 0.2) is 89.6 Å². The third kappa shape index (κ3) is 3.65. The van der Waals surface area contributed by atoms with Crippen molar-refractivity contribution >= 4 is 12.1 Å². The third-order valence-electron chi connectivity index (χ3n) is 7.10. The molecule has 1 aliphatic carbocycles. The molecular weight excluding hydrogens is 422 g/mol. The molecule has 0 radical (unpaired) electrons. The van der Waals surface area contributed by atoms with E-state index in [4.69, 9.17) is 9.84 Å². The van der Waals surface area contributed by atoms with Gasteiger partial charge in [-0.1, -0.05) is 75.5 Å².